The second kappa shape index (κ2) is 17.1. The number of benzene rings is 2. The van der Waals surface area contributed by atoms with Gasteiger partial charge in [-0.15, -0.1) is 0 Å². The van der Waals surface area contributed by atoms with E-state index in [0.717, 1.165) is 55.2 Å². The number of hydrogen-bond acceptors (Lipinski definition) is 2. The van der Waals surface area contributed by atoms with Crippen LogP contribution in [0, 0.1) is 5.82 Å². The van der Waals surface area contributed by atoms with Gasteiger partial charge in [-0.1, -0.05) is 108 Å². The van der Waals surface area contributed by atoms with E-state index in [9.17, 15) is 14.3 Å². The van der Waals surface area contributed by atoms with Gasteiger partial charge in [-0.05, 0) is 54.0 Å². The largest absolute Gasteiger partial charge is 0.491 e. The van der Waals surface area contributed by atoms with Gasteiger partial charge >= 0.3 is 5.97 Å². The molecular formula is C31H45FO3. The van der Waals surface area contributed by atoms with Crippen molar-refractivity contribution in [3.8, 4) is 16.9 Å². The fourth-order valence-corrected chi connectivity index (χ4v) is 4.71. The quantitative estimate of drug-likeness (QED) is 0.202. The molecule has 0 aromatic heterocycles. The molecule has 0 aliphatic rings. The van der Waals surface area contributed by atoms with Gasteiger partial charge in [0.05, 0.1) is 6.61 Å². The lowest BCUT2D eigenvalue weighted by Crippen LogP contribution is -2.05. The van der Waals surface area contributed by atoms with Crippen molar-refractivity contribution >= 4 is 5.97 Å². The summed E-state index contributed by atoms with van der Waals surface area (Å²) in [6.07, 6.45) is 14.8. The first kappa shape index (κ1) is 28.9. The Kier molecular flexibility index (Phi) is 14.1. The van der Waals surface area contributed by atoms with Gasteiger partial charge in [0.2, 0.25) is 0 Å². The Morgan fingerprint density at radius 1 is 0.857 bits per heavy atom. The Bertz CT molecular complexity index is 864. The fourth-order valence-electron chi connectivity index (χ4n) is 4.71. The minimum atomic E-state index is -0.771. The Labute approximate surface area is 212 Å². The smallest absolute Gasteiger partial charge is 0.303 e. The topological polar surface area (TPSA) is 46.5 Å². The van der Waals surface area contributed by atoms with E-state index in [0.29, 0.717) is 18.8 Å². The third-order valence-corrected chi connectivity index (χ3v) is 6.76. The average molecular weight is 485 g/mol. The molecule has 3 nitrogen and oxygen atoms in total. The number of hydrogen-bond donors (Lipinski definition) is 1. The number of unbranched alkanes of at least 4 members (excludes halogenated alkanes) is 9. The Morgan fingerprint density at radius 3 is 2.20 bits per heavy atom. The van der Waals surface area contributed by atoms with Gasteiger partial charge in [-0.3, -0.25) is 4.79 Å². The van der Waals surface area contributed by atoms with Crippen LogP contribution in [0.3, 0.4) is 0 Å². The van der Waals surface area contributed by atoms with Gasteiger partial charge in [-0.25, -0.2) is 4.39 Å². The van der Waals surface area contributed by atoms with Crippen LogP contribution in [0.1, 0.15) is 115 Å². The summed E-state index contributed by atoms with van der Waals surface area (Å²) >= 11 is 0. The molecule has 0 fully saturated rings. The van der Waals surface area contributed by atoms with E-state index in [4.69, 9.17) is 4.74 Å². The molecule has 1 atom stereocenters. The Morgan fingerprint density at radius 2 is 1.51 bits per heavy atom. The summed E-state index contributed by atoms with van der Waals surface area (Å²) in [6.45, 7) is 4.94. The maximum atomic E-state index is 14.9. The summed E-state index contributed by atoms with van der Waals surface area (Å²) in [5.41, 5.74) is 2.90. The van der Waals surface area contributed by atoms with Crippen molar-refractivity contribution in [1.82, 2.24) is 0 Å². The Hall–Kier alpha value is -2.36. The number of ether oxygens (including phenoxy) is 1. The third-order valence-electron chi connectivity index (χ3n) is 6.76. The van der Waals surface area contributed by atoms with E-state index in [1.165, 1.54) is 38.5 Å². The van der Waals surface area contributed by atoms with E-state index in [-0.39, 0.29) is 18.2 Å². The molecule has 0 saturated carbocycles. The van der Waals surface area contributed by atoms with Crippen LogP contribution < -0.4 is 4.74 Å². The van der Waals surface area contributed by atoms with Gasteiger partial charge in [0, 0.05) is 6.42 Å². The predicted octanol–water partition coefficient (Wildman–Crippen LogP) is 9.54. The highest BCUT2D eigenvalue weighted by Gasteiger charge is 2.18. The van der Waals surface area contributed by atoms with Crippen LogP contribution in [-0.4, -0.2) is 17.7 Å². The molecule has 0 heterocycles. The number of carboxylic acid groups (broad SMARTS) is 1. The molecular weight excluding hydrogens is 439 g/mol. The summed E-state index contributed by atoms with van der Waals surface area (Å²) in [5.74, 6) is -0.661. The standard InChI is InChI=1S/C31H45FO3/c1-3-5-7-8-9-10-11-15-23-35-30-21-19-26(24-29(30)32)28-18-14-13-17-27(28)25(16-12-6-4-2)20-22-31(33)34/h13-14,17-19,21,24-25H,3-12,15-16,20,22-23H2,1-2H3,(H,33,34). The number of halogens is 1. The molecule has 1 unspecified atom stereocenters. The normalized spacial score (nSPS) is 12.0. The maximum Gasteiger partial charge on any atom is 0.303 e. The summed E-state index contributed by atoms with van der Waals surface area (Å²) < 4.78 is 20.7. The van der Waals surface area contributed by atoms with Crippen molar-refractivity contribution in [2.45, 2.75) is 110 Å². The number of rotatable bonds is 19. The molecule has 0 aliphatic carbocycles. The van der Waals surface area contributed by atoms with Gasteiger partial charge in [-0.2, -0.15) is 0 Å². The first-order chi connectivity index (χ1) is 17.1. The molecule has 2 rings (SSSR count). The van der Waals surface area contributed by atoms with Gasteiger partial charge in [0.25, 0.3) is 0 Å². The third kappa shape index (κ3) is 10.8. The molecule has 2 aromatic carbocycles. The lowest BCUT2D eigenvalue weighted by molar-refractivity contribution is -0.137. The molecule has 0 radical (unpaired) electrons. The van der Waals surface area contributed by atoms with E-state index in [2.05, 4.69) is 19.9 Å². The zero-order chi connectivity index (χ0) is 25.3. The van der Waals surface area contributed by atoms with Crippen molar-refractivity contribution in [2.24, 2.45) is 0 Å². The molecule has 0 amide bonds. The molecule has 35 heavy (non-hydrogen) atoms. The lowest BCUT2D eigenvalue weighted by atomic mass is 9.84. The summed E-state index contributed by atoms with van der Waals surface area (Å²) in [5, 5.41) is 9.23. The van der Waals surface area contributed by atoms with Crippen LogP contribution in [-0.2, 0) is 4.79 Å². The monoisotopic (exact) mass is 484 g/mol. The molecule has 0 aliphatic heterocycles. The van der Waals surface area contributed by atoms with Gasteiger partial charge in [0.15, 0.2) is 11.6 Å². The van der Waals surface area contributed by atoms with Crippen LogP contribution in [0.2, 0.25) is 0 Å². The Balaban J connectivity index is 2.00. The lowest BCUT2D eigenvalue weighted by Gasteiger charge is -2.21. The molecule has 1 N–H and O–H groups in total. The van der Waals surface area contributed by atoms with Gasteiger partial charge in [0.1, 0.15) is 0 Å². The molecule has 2 aromatic rings. The minimum Gasteiger partial charge on any atom is -0.491 e. The average Bonchev–Trinajstić information content (AvgIpc) is 2.86. The van der Waals surface area contributed by atoms with Crippen molar-refractivity contribution in [3.05, 3.63) is 53.8 Å². The zero-order valence-electron chi connectivity index (χ0n) is 21.9. The molecule has 0 saturated heterocycles. The number of carboxylic acids is 1. The van der Waals surface area contributed by atoms with Crippen molar-refractivity contribution in [2.75, 3.05) is 6.61 Å². The molecule has 0 spiro atoms. The maximum absolute atomic E-state index is 14.9. The first-order valence-electron chi connectivity index (χ1n) is 13.8. The number of carbonyl (C=O) groups is 1. The van der Waals surface area contributed by atoms with Crippen LogP contribution in [0.5, 0.6) is 5.75 Å². The molecule has 194 valence electrons. The highest BCUT2D eigenvalue weighted by molar-refractivity contribution is 5.70. The van der Waals surface area contributed by atoms with Crippen LogP contribution in [0.25, 0.3) is 11.1 Å². The van der Waals surface area contributed by atoms with E-state index >= 15 is 0 Å². The summed E-state index contributed by atoms with van der Waals surface area (Å²) in [6, 6.07) is 13.2. The van der Waals surface area contributed by atoms with Crippen LogP contribution >= 0.6 is 0 Å². The summed E-state index contributed by atoms with van der Waals surface area (Å²) in [7, 11) is 0. The van der Waals surface area contributed by atoms with Crippen molar-refractivity contribution < 1.29 is 19.0 Å². The summed E-state index contributed by atoms with van der Waals surface area (Å²) in [4.78, 5) is 11.2. The fraction of sp³-hybridized carbons (Fsp3) is 0.581. The van der Waals surface area contributed by atoms with Crippen LogP contribution in [0.4, 0.5) is 4.39 Å². The van der Waals surface area contributed by atoms with Crippen molar-refractivity contribution in [3.63, 3.8) is 0 Å². The van der Waals surface area contributed by atoms with Gasteiger partial charge < -0.3 is 9.84 Å². The second-order valence-electron chi connectivity index (χ2n) is 9.68. The highest BCUT2D eigenvalue weighted by atomic mass is 19.1. The first-order valence-corrected chi connectivity index (χ1v) is 13.8. The van der Waals surface area contributed by atoms with E-state index in [1.54, 1.807) is 12.1 Å². The van der Waals surface area contributed by atoms with E-state index in [1.807, 2.05) is 24.3 Å². The second-order valence-corrected chi connectivity index (χ2v) is 9.68. The SMILES string of the molecule is CCCCCCCCCCOc1ccc(-c2ccccc2C(CCCCC)CCC(=O)O)cc1F. The zero-order valence-corrected chi connectivity index (χ0v) is 21.9. The van der Waals surface area contributed by atoms with E-state index < -0.39 is 5.97 Å². The molecule has 4 heteroatoms. The van der Waals surface area contributed by atoms with Crippen molar-refractivity contribution in [1.29, 1.82) is 0 Å². The minimum absolute atomic E-state index is 0.144. The molecule has 0 bridgehead atoms. The van der Waals surface area contributed by atoms with Crippen LogP contribution in [0.15, 0.2) is 42.5 Å². The predicted molar refractivity (Wildman–Crippen MR) is 144 cm³/mol. The highest BCUT2D eigenvalue weighted by Crippen LogP contribution is 2.36. The number of aliphatic carboxylic acids is 1.